The van der Waals surface area contributed by atoms with E-state index in [2.05, 4.69) is 0 Å². The molecule has 162 valence electrons. The number of carbonyl (C=O) groups excluding carboxylic acids is 2. The predicted molar refractivity (Wildman–Crippen MR) is 122 cm³/mol. The third kappa shape index (κ3) is 3.50. The first-order chi connectivity index (χ1) is 15.3. The van der Waals surface area contributed by atoms with Gasteiger partial charge in [-0.15, -0.1) is 0 Å². The van der Waals surface area contributed by atoms with Gasteiger partial charge in [-0.1, -0.05) is 48.0 Å². The van der Waals surface area contributed by atoms with Crippen molar-refractivity contribution >= 4 is 23.1 Å². The Labute approximate surface area is 186 Å². The van der Waals surface area contributed by atoms with Gasteiger partial charge in [0, 0.05) is 0 Å². The number of phenolic OH excluding ortho intramolecular Hbond substituents is 1. The van der Waals surface area contributed by atoms with Crippen LogP contribution in [0.5, 0.6) is 11.5 Å². The van der Waals surface area contributed by atoms with E-state index in [0.717, 1.165) is 11.1 Å². The zero-order valence-electron chi connectivity index (χ0n) is 18.0. The second kappa shape index (κ2) is 8.23. The Kier molecular flexibility index (Phi) is 5.45. The molecule has 6 nitrogen and oxygen atoms in total. The van der Waals surface area contributed by atoms with Crippen LogP contribution >= 0.6 is 0 Å². The molecule has 1 atom stereocenters. The van der Waals surface area contributed by atoms with Crippen LogP contribution in [0.2, 0.25) is 0 Å². The molecular weight excluding hydrogens is 406 g/mol. The minimum absolute atomic E-state index is 0.0639. The molecule has 0 bridgehead atoms. The van der Waals surface area contributed by atoms with Gasteiger partial charge in [0.15, 0.2) is 0 Å². The van der Waals surface area contributed by atoms with Gasteiger partial charge in [-0.2, -0.15) is 0 Å². The molecule has 1 heterocycles. The van der Waals surface area contributed by atoms with E-state index in [9.17, 15) is 19.8 Å². The summed E-state index contributed by atoms with van der Waals surface area (Å²) < 4.78 is 5.35. The van der Waals surface area contributed by atoms with Gasteiger partial charge >= 0.3 is 0 Å². The first-order valence-electron chi connectivity index (χ1n) is 10.1. The van der Waals surface area contributed by atoms with Gasteiger partial charge in [0.2, 0.25) is 0 Å². The molecule has 3 aromatic carbocycles. The molecule has 1 amide bonds. The van der Waals surface area contributed by atoms with E-state index >= 15 is 0 Å². The van der Waals surface area contributed by atoms with Gasteiger partial charge in [-0.05, 0) is 49.2 Å². The van der Waals surface area contributed by atoms with Crippen molar-refractivity contribution in [2.24, 2.45) is 0 Å². The van der Waals surface area contributed by atoms with Gasteiger partial charge in [0.1, 0.15) is 17.3 Å². The second-order valence-electron chi connectivity index (χ2n) is 7.78. The minimum atomic E-state index is -0.924. The van der Waals surface area contributed by atoms with Crippen LogP contribution in [0.3, 0.4) is 0 Å². The first-order valence-corrected chi connectivity index (χ1v) is 10.1. The maximum absolute atomic E-state index is 13.2. The summed E-state index contributed by atoms with van der Waals surface area (Å²) in [5.41, 5.74) is 2.83. The number of ether oxygens (including phenoxy) is 1. The summed E-state index contributed by atoms with van der Waals surface area (Å²) in [5, 5.41) is 21.8. The van der Waals surface area contributed by atoms with E-state index in [0.29, 0.717) is 16.9 Å². The Morgan fingerprint density at radius 3 is 2.38 bits per heavy atom. The molecule has 4 rings (SSSR count). The molecule has 1 unspecified atom stereocenters. The summed E-state index contributed by atoms with van der Waals surface area (Å²) in [5.74, 6) is -1.75. The van der Waals surface area contributed by atoms with E-state index in [1.807, 2.05) is 32.0 Å². The number of Topliss-reactive ketones (excluding diaryl/α,β-unsaturated/α-hetero) is 1. The molecule has 0 saturated carbocycles. The normalized spacial score (nSPS) is 17.6. The van der Waals surface area contributed by atoms with E-state index < -0.39 is 17.7 Å². The molecule has 1 aliphatic rings. The number of nitrogens with zero attached hydrogens (tertiary/aromatic N) is 1. The monoisotopic (exact) mass is 429 g/mol. The predicted octanol–water partition coefficient (Wildman–Crippen LogP) is 4.64. The summed E-state index contributed by atoms with van der Waals surface area (Å²) in [6, 6.07) is 18.0. The van der Waals surface area contributed by atoms with Crippen molar-refractivity contribution in [2.75, 3.05) is 12.0 Å². The molecule has 1 saturated heterocycles. The summed E-state index contributed by atoms with van der Waals surface area (Å²) >= 11 is 0. The number of benzene rings is 3. The molecule has 0 aromatic heterocycles. The van der Waals surface area contributed by atoms with Gasteiger partial charge in [-0.3, -0.25) is 14.5 Å². The van der Waals surface area contributed by atoms with Crippen LogP contribution in [-0.2, 0) is 9.59 Å². The number of hydrogen-bond donors (Lipinski definition) is 2. The summed E-state index contributed by atoms with van der Waals surface area (Å²) in [4.78, 5) is 27.7. The van der Waals surface area contributed by atoms with Gasteiger partial charge in [0.25, 0.3) is 11.7 Å². The van der Waals surface area contributed by atoms with E-state index in [-0.39, 0.29) is 22.8 Å². The molecule has 32 heavy (non-hydrogen) atoms. The summed E-state index contributed by atoms with van der Waals surface area (Å²) in [6.07, 6.45) is 0. The van der Waals surface area contributed by atoms with Crippen LogP contribution in [0.1, 0.15) is 28.3 Å². The fourth-order valence-corrected chi connectivity index (χ4v) is 4.05. The van der Waals surface area contributed by atoms with E-state index in [1.54, 1.807) is 42.5 Å². The average molecular weight is 429 g/mol. The third-order valence-corrected chi connectivity index (χ3v) is 5.55. The third-order valence-electron chi connectivity index (χ3n) is 5.55. The maximum Gasteiger partial charge on any atom is 0.300 e. The van der Waals surface area contributed by atoms with Crippen molar-refractivity contribution in [1.82, 2.24) is 0 Å². The first kappa shape index (κ1) is 21.2. The zero-order chi connectivity index (χ0) is 23.0. The van der Waals surface area contributed by atoms with Crippen LogP contribution in [-0.4, -0.2) is 29.0 Å². The molecule has 0 aliphatic carbocycles. The van der Waals surface area contributed by atoms with Crippen molar-refractivity contribution in [3.63, 3.8) is 0 Å². The number of aryl methyl sites for hydroxylation is 2. The molecule has 1 aliphatic heterocycles. The maximum atomic E-state index is 13.2. The van der Waals surface area contributed by atoms with Gasteiger partial charge in [0.05, 0.1) is 30.0 Å². The minimum Gasteiger partial charge on any atom is -0.507 e. The lowest BCUT2D eigenvalue weighted by Gasteiger charge is -2.26. The molecule has 2 N–H and O–H groups in total. The fraction of sp³-hybridized carbons (Fsp3) is 0.154. The summed E-state index contributed by atoms with van der Waals surface area (Å²) in [7, 11) is 1.47. The number of aliphatic hydroxyl groups excluding tert-OH is 1. The number of aliphatic hydroxyl groups is 1. The molecular formula is C26H23NO5. The standard InChI is InChI=1S/C26H23NO5/c1-15-7-6-8-17(13-15)23-22(24(29)18-9-4-5-10-21(18)32-3)25(30)26(31)27(23)19-14-16(2)11-12-20(19)28/h4-14,23,28-29H,1-3H3/b24-22+. The van der Waals surface area contributed by atoms with Crippen LogP contribution < -0.4 is 9.64 Å². The van der Waals surface area contributed by atoms with Crippen LogP contribution in [0, 0.1) is 13.8 Å². The Morgan fingerprint density at radius 1 is 0.938 bits per heavy atom. The number of rotatable bonds is 4. The number of phenols is 1. The van der Waals surface area contributed by atoms with Gasteiger partial charge in [-0.25, -0.2) is 0 Å². The van der Waals surface area contributed by atoms with Crippen molar-refractivity contribution < 1.29 is 24.5 Å². The number of para-hydroxylation sites is 1. The lowest BCUT2D eigenvalue weighted by molar-refractivity contribution is -0.132. The van der Waals surface area contributed by atoms with Crippen LogP contribution in [0.15, 0.2) is 72.3 Å². The number of anilines is 1. The molecule has 0 radical (unpaired) electrons. The largest absolute Gasteiger partial charge is 0.507 e. The van der Waals surface area contributed by atoms with Crippen LogP contribution in [0.25, 0.3) is 5.76 Å². The fourth-order valence-electron chi connectivity index (χ4n) is 4.05. The topological polar surface area (TPSA) is 87.1 Å². The zero-order valence-corrected chi connectivity index (χ0v) is 18.0. The van der Waals surface area contributed by atoms with Crippen LogP contribution in [0.4, 0.5) is 5.69 Å². The average Bonchev–Trinajstić information content (AvgIpc) is 3.05. The highest BCUT2D eigenvalue weighted by Crippen LogP contribution is 2.45. The van der Waals surface area contributed by atoms with Crippen molar-refractivity contribution in [3.05, 3.63) is 94.6 Å². The number of carbonyl (C=O) groups is 2. The SMILES string of the molecule is COc1ccccc1/C(O)=C1\C(=O)C(=O)N(c2cc(C)ccc2O)C1c1cccc(C)c1. The smallest absolute Gasteiger partial charge is 0.300 e. The highest BCUT2D eigenvalue weighted by Gasteiger charge is 2.48. The number of ketones is 1. The lowest BCUT2D eigenvalue weighted by atomic mass is 9.94. The van der Waals surface area contributed by atoms with E-state index in [4.69, 9.17) is 4.74 Å². The van der Waals surface area contributed by atoms with Gasteiger partial charge < -0.3 is 14.9 Å². The second-order valence-corrected chi connectivity index (χ2v) is 7.78. The Bertz CT molecular complexity index is 1260. The molecule has 0 spiro atoms. The van der Waals surface area contributed by atoms with E-state index in [1.165, 1.54) is 18.1 Å². The van der Waals surface area contributed by atoms with Crippen molar-refractivity contribution in [2.45, 2.75) is 19.9 Å². The van der Waals surface area contributed by atoms with Crippen molar-refractivity contribution in [3.8, 4) is 11.5 Å². The highest BCUT2D eigenvalue weighted by atomic mass is 16.5. The Morgan fingerprint density at radius 2 is 1.66 bits per heavy atom. The number of aromatic hydroxyl groups is 1. The Balaban J connectivity index is 2.02. The van der Waals surface area contributed by atoms with Crippen molar-refractivity contribution in [1.29, 1.82) is 0 Å². The molecule has 3 aromatic rings. The lowest BCUT2D eigenvalue weighted by Crippen LogP contribution is -2.29. The quantitative estimate of drug-likeness (QED) is 0.358. The molecule has 1 fully saturated rings. The highest BCUT2D eigenvalue weighted by molar-refractivity contribution is 6.52. The Hall–Kier alpha value is -4.06. The number of methoxy groups -OCH3 is 1. The molecule has 6 heteroatoms. The summed E-state index contributed by atoms with van der Waals surface area (Å²) in [6.45, 7) is 3.73. The number of amides is 1. The number of hydrogen-bond acceptors (Lipinski definition) is 5.